The Kier molecular flexibility index (Phi) is 5.36. The van der Waals surface area contributed by atoms with E-state index >= 15 is 0 Å². The van der Waals surface area contributed by atoms with Gasteiger partial charge < -0.3 is 39.5 Å². The van der Waals surface area contributed by atoms with E-state index in [9.17, 15) is 30.0 Å². The van der Waals surface area contributed by atoms with Crippen LogP contribution in [0.3, 0.4) is 0 Å². The van der Waals surface area contributed by atoms with Crippen LogP contribution < -0.4 is 0 Å². The third-order valence-corrected chi connectivity index (χ3v) is 8.15. The first-order valence-electron chi connectivity index (χ1n) is 11.6. The van der Waals surface area contributed by atoms with Crippen LogP contribution in [0, 0.1) is 0 Å². The topological polar surface area (TPSA) is 149 Å². The van der Waals surface area contributed by atoms with Gasteiger partial charge in [0.05, 0.1) is 30.8 Å². The number of nitrogens with zero attached hydrogens (tertiary/aromatic N) is 1. The number of Topliss-reactive ketones (excluding diaryl/α,β-unsaturated/α-hetero) is 1. The molecule has 1 aromatic rings. The van der Waals surface area contributed by atoms with Crippen LogP contribution in [0.4, 0.5) is 0 Å². The number of benzene rings is 1. The van der Waals surface area contributed by atoms with E-state index in [0.717, 1.165) is 6.42 Å². The summed E-state index contributed by atoms with van der Waals surface area (Å²) in [7, 11) is 3.97. The van der Waals surface area contributed by atoms with Crippen molar-refractivity contribution in [1.82, 2.24) is 4.90 Å². The highest BCUT2D eigenvalue weighted by Crippen LogP contribution is 2.68. The number of carbonyl (C=O) groups excluding carboxylic acids is 1. The van der Waals surface area contributed by atoms with Gasteiger partial charge in [-0.25, -0.2) is 0 Å². The number of fused-ring (bicyclic) bond motifs is 1. The molecule has 3 heterocycles. The number of aliphatic carboxylic acids is 1. The molecule has 10 heteroatoms. The number of phenols is 1. The van der Waals surface area contributed by atoms with Crippen LogP contribution in [0.5, 0.6) is 5.75 Å². The third kappa shape index (κ3) is 2.90. The Morgan fingerprint density at radius 2 is 1.88 bits per heavy atom. The number of carboxylic acids is 1. The van der Waals surface area contributed by atoms with E-state index in [1.54, 1.807) is 13.0 Å². The number of rotatable bonds is 4. The van der Waals surface area contributed by atoms with Crippen LogP contribution in [0.25, 0.3) is 0 Å². The van der Waals surface area contributed by atoms with Crippen molar-refractivity contribution in [2.75, 3.05) is 14.1 Å². The van der Waals surface area contributed by atoms with E-state index in [-0.39, 0.29) is 29.0 Å². The van der Waals surface area contributed by atoms with E-state index < -0.39 is 59.9 Å². The van der Waals surface area contributed by atoms with Crippen LogP contribution in [0.2, 0.25) is 0 Å². The van der Waals surface area contributed by atoms with Crippen molar-refractivity contribution < 1.29 is 44.2 Å². The van der Waals surface area contributed by atoms with E-state index in [0.29, 0.717) is 12.0 Å². The molecule has 4 N–H and O–H groups in total. The lowest BCUT2D eigenvalue weighted by molar-refractivity contribution is -0.162. The predicted molar refractivity (Wildman–Crippen MR) is 117 cm³/mol. The minimum Gasteiger partial charge on any atom is -0.508 e. The summed E-state index contributed by atoms with van der Waals surface area (Å²) in [5.74, 6) is -2.05. The fourth-order valence-electron chi connectivity index (χ4n) is 6.49. The third-order valence-electron chi connectivity index (χ3n) is 8.15. The highest BCUT2D eigenvalue weighted by Gasteiger charge is 2.88. The fraction of sp³-hybridized carbons (Fsp3) is 0.667. The minimum atomic E-state index is -1.85. The zero-order chi connectivity index (χ0) is 24.7. The maximum atomic E-state index is 14.0. The number of phenolic OH excluding ortho intramolecular Hbond substituents is 1. The predicted octanol–water partition coefficient (Wildman–Crippen LogP) is 0.923. The van der Waals surface area contributed by atoms with Crippen molar-refractivity contribution in [2.45, 2.75) is 87.0 Å². The van der Waals surface area contributed by atoms with Gasteiger partial charge in [0, 0.05) is 17.2 Å². The number of aromatic hydroxyl groups is 1. The normalized spacial score (nSPS) is 43.1. The maximum absolute atomic E-state index is 14.0. The molecule has 34 heavy (non-hydrogen) atoms. The molecular weight excluding hydrogens is 446 g/mol. The van der Waals surface area contributed by atoms with Crippen molar-refractivity contribution in [3.05, 3.63) is 28.8 Å². The molecular formula is C24H31NO9. The number of hydrogen-bond donors (Lipinski definition) is 4. The van der Waals surface area contributed by atoms with Crippen molar-refractivity contribution >= 4 is 11.8 Å². The van der Waals surface area contributed by atoms with Crippen molar-refractivity contribution in [3.8, 4) is 5.75 Å². The second-order valence-corrected chi connectivity index (χ2v) is 10.1. The first-order valence-corrected chi connectivity index (χ1v) is 11.6. The lowest BCUT2D eigenvalue weighted by Crippen LogP contribution is -2.63. The van der Waals surface area contributed by atoms with Gasteiger partial charge in [0.25, 0.3) is 0 Å². The first kappa shape index (κ1) is 23.7. The number of epoxide rings is 1. The van der Waals surface area contributed by atoms with E-state index in [2.05, 4.69) is 4.90 Å². The highest BCUT2D eigenvalue weighted by molar-refractivity contribution is 6.11. The molecule has 1 aromatic carbocycles. The molecule has 0 amide bonds. The van der Waals surface area contributed by atoms with Crippen LogP contribution in [0.15, 0.2) is 12.1 Å². The molecule has 3 saturated heterocycles. The molecule has 4 aliphatic rings. The Bertz CT molecular complexity index is 1040. The quantitative estimate of drug-likeness (QED) is 0.461. The summed E-state index contributed by atoms with van der Waals surface area (Å²) in [6.45, 7) is 3.53. The monoisotopic (exact) mass is 477 g/mol. The summed E-state index contributed by atoms with van der Waals surface area (Å²) in [5, 5.41) is 42.4. The van der Waals surface area contributed by atoms with E-state index in [1.165, 1.54) is 6.07 Å². The van der Waals surface area contributed by atoms with Crippen molar-refractivity contribution in [2.24, 2.45) is 0 Å². The smallest absolute Gasteiger partial charge is 0.306 e. The number of hydrogen-bond acceptors (Lipinski definition) is 9. The standard InChI is InChI=1S/C24H31NO9/c1-10-13(25(3)4)6-8-15(32-10)12-5-7-14(26)19-18(12)21(30)24-20(29)16(9-17(27)28)33-11(2)23(24,34-24)22(19)31/h5,7,10-11,13,15-16,20,22,26,29,31H,6,8-9H2,1-4H3,(H,27,28)/t10-,11-,13+,15-,16-,20+,22+,23?,24?/m1/s1. The van der Waals surface area contributed by atoms with Gasteiger partial charge in [-0.3, -0.25) is 9.59 Å². The van der Waals surface area contributed by atoms with Crippen LogP contribution in [-0.4, -0.2) is 92.8 Å². The molecule has 3 fully saturated rings. The summed E-state index contributed by atoms with van der Waals surface area (Å²) in [4.78, 5) is 27.5. The summed E-state index contributed by atoms with van der Waals surface area (Å²) in [6, 6.07) is 3.25. The lowest BCUT2D eigenvalue weighted by atomic mass is 9.64. The number of aliphatic hydroxyl groups is 2. The molecule has 10 nitrogen and oxygen atoms in total. The van der Waals surface area contributed by atoms with Crippen LogP contribution in [-0.2, 0) is 19.0 Å². The molecule has 186 valence electrons. The van der Waals surface area contributed by atoms with Gasteiger partial charge in [-0.05, 0) is 52.4 Å². The SMILES string of the molecule is C[C@H]1O[C@@H](c2ccc(O)c3c2C(=O)C24OC2([C@@H](C)O[C@H](CC(=O)O)[C@@H]4O)[C@H]3O)CC[C@@H]1N(C)C. The summed E-state index contributed by atoms with van der Waals surface area (Å²) in [6.07, 6.45) is -4.81. The second-order valence-electron chi connectivity index (χ2n) is 10.1. The van der Waals surface area contributed by atoms with Gasteiger partial charge in [0.2, 0.25) is 5.78 Å². The van der Waals surface area contributed by atoms with Gasteiger partial charge in [-0.2, -0.15) is 0 Å². The van der Waals surface area contributed by atoms with E-state index in [1.807, 2.05) is 21.0 Å². The Labute approximate surface area is 197 Å². The molecule has 3 aliphatic heterocycles. The second kappa shape index (κ2) is 7.71. The first-order chi connectivity index (χ1) is 16.0. The molecule has 5 rings (SSSR count). The zero-order valence-corrected chi connectivity index (χ0v) is 19.6. The highest BCUT2D eigenvalue weighted by atomic mass is 16.7. The molecule has 9 atom stereocenters. The lowest BCUT2D eigenvalue weighted by Gasteiger charge is -2.44. The summed E-state index contributed by atoms with van der Waals surface area (Å²) in [5.41, 5.74) is -2.85. The number of carboxylic acid groups (broad SMARTS) is 1. The molecule has 0 radical (unpaired) electrons. The Hall–Kier alpha value is -2.08. The van der Waals surface area contributed by atoms with Gasteiger partial charge in [-0.1, -0.05) is 6.07 Å². The number of carbonyl (C=O) groups is 2. The van der Waals surface area contributed by atoms with Gasteiger partial charge in [0.1, 0.15) is 18.0 Å². The molecule has 1 aliphatic carbocycles. The van der Waals surface area contributed by atoms with Gasteiger partial charge in [0.15, 0.2) is 11.2 Å². The largest absolute Gasteiger partial charge is 0.508 e. The number of likely N-dealkylation sites (N-methyl/N-ethyl adjacent to an activating group) is 1. The Morgan fingerprint density at radius 1 is 1.18 bits per heavy atom. The average molecular weight is 478 g/mol. The Morgan fingerprint density at radius 3 is 2.50 bits per heavy atom. The van der Waals surface area contributed by atoms with Crippen LogP contribution >= 0.6 is 0 Å². The van der Waals surface area contributed by atoms with Crippen molar-refractivity contribution in [1.29, 1.82) is 0 Å². The number of ketones is 1. The Balaban J connectivity index is 1.59. The van der Waals surface area contributed by atoms with Crippen LogP contribution in [0.1, 0.15) is 66.8 Å². The van der Waals surface area contributed by atoms with Crippen molar-refractivity contribution in [3.63, 3.8) is 0 Å². The average Bonchev–Trinajstić information content (AvgIpc) is 3.49. The number of ether oxygens (including phenoxy) is 3. The van der Waals surface area contributed by atoms with Gasteiger partial charge in [-0.15, -0.1) is 0 Å². The molecule has 2 unspecified atom stereocenters. The molecule has 0 spiro atoms. The maximum Gasteiger partial charge on any atom is 0.306 e. The van der Waals surface area contributed by atoms with E-state index in [4.69, 9.17) is 14.2 Å². The zero-order valence-electron chi connectivity index (χ0n) is 19.6. The minimum absolute atomic E-state index is 0.0287. The molecule has 0 aromatic heterocycles. The van der Waals surface area contributed by atoms with Gasteiger partial charge >= 0.3 is 5.97 Å². The summed E-state index contributed by atoms with van der Waals surface area (Å²) < 4.78 is 17.9. The summed E-state index contributed by atoms with van der Waals surface area (Å²) >= 11 is 0. The molecule has 0 saturated carbocycles. The number of aliphatic hydroxyl groups excluding tert-OH is 2. The fourth-order valence-corrected chi connectivity index (χ4v) is 6.49. The molecule has 0 bridgehead atoms.